The fourth-order valence-electron chi connectivity index (χ4n) is 2.69. The number of methoxy groups -OCH3 is 2. The van der Waals surface area contributed by atoms with Gasteiger partial charge in [-0.15, -0.1) is 0 Å². The summed E-state index contributed by atoms with van der Waals surface area (Å²) in [6, 6.07) is 12.2. The van der Waals surface area contributed by atoms with Gasteiger partial charge in [-0.1, -0.05) is 48.2 Å². The van der Waals surface area contributed by atoms with Crippen LogP contribution in [0.4, 0.5) is 5.69 Å². The molecule has 2 aromatic carbocycles. The van der Waals surface area contributed by atoms with Crippen LogP contribution in [-0.4, -0.2) is 35.5 Å². The van der Waals surface area contributed by atoms with Gasteiger partial charge in [0.1, 0.15) is 5.56 Å². The van der Waals surface area contributed by atoms with Gasteiger partial charge in [-0.25, -0.2) is 4.79 Å². The van der Waals surface area contributed by atoms with Crippen molar-refractivity contribution in [3.05, 3.63) is 58.5 Å². The number of carbonyl (C=O) groups is 2. The lowest BCUT2D eigenvalue weighted by atomic mass is 10.0. The number of carboxylic acids is 1. The highest BCUT2D eigenvalue weighted by molar-refractivity contribution is 8.27. The number of rotatable bonds is 5. The highest BCUT2D eigenvalue weighted by Gasteiger charge is 2.33. The first-order valence-electron chi connectivity index (χ1n) is 7.79. The summed E-state index contributed by atoms with van der Waals surface area (Å²) in [5.74, 6) is -1.10. The van der Waals surface area contributed by atoms with Gasteiger partial charge in [0.2, 0.25) is 0 Å². The number of carbonyl (C=O) groups excluding carboxylic acids is 1. The molecule has 3 rings (SSSR count). The van der Waals surface area contributed by atoms with Crippen LogP contribution < -0.4 is 14.4 Å². The maximum absolute atomic E-state index is 12.8. The molecule has 0 unspecified atom stereocenters. The summed E-state index contributed by atoms with van der Waals surface area (Å²) in [5.41, 5.74) is 0.907. The number of thiocarbonyl (C=S) groups is 1. The smallest absolute Gasteiger partial charge is 0.340 e. The van der Waals surface area contributed by atoms with E-state index in [4.69, 9.17) is 21.7 Å². The van der Waals surface area contributed by atoms with Gasteiger partial charge >= 0.3 is 5.97 Å². The average molecular weight is 401 g/mol. The van der Waals surface area contributed by atoms with Crippen molar-refractivity contribution in [1.29, 1.82) is 0 Å². The number of aromatic carboxylic acids is 1. The Hall–Kier alpha value is -2.84. The lowest BCUT2D eigenvalue weighted by Crippen LogP contribution is -2.27. The molecular formula is C19H15NO5S2. The molecule has 138 valence electrons. The lowest BCUT2D eigenvalue weighted by molar-refractivity contribution is -0.113. The molecule has 1 aliphatic heterocycles. The van der Waals surface area contributed by atoms with E-state index >= 15 is 0 Å². The fraction of sp³-hybridized carbons (Fsp3) is 0.105. The summed E-state index contributed by atoms with van der Waals surface area (Å²) in [5, 5.41) is 9.63. The highest BCUT2D eigenvalue weighted by atomic mass is 32.2. The molecule has 1 amide bonds. The first-order chi connectivity index (χ1) is 13.0. The van der Waals surface area contributed by atoms with Crippen molar-refractivity contribution in [2.45, 2.75) is 0 Å². The molecule has 1 saturated heterocycles. The van der Waals surface area contributed by atoms with Gasteiger partial charge in [-0.05, 0) is 29.8 Å². The van der Waals surface area contributed by atoms with Crippen LogP contribution in [-0.2, 0) is 4.79 Å². The highest BCUT2D eigenvalue weighted by Crippen LogP contribution is 2.39. The van der Waals surface area contributed by atoms with Crippen molar-refractivity contribution in [2.75, 3.05) is 19.1 Å². The summed E-state index contributed by atoms with van der Waals surface area (Å²) in [7, 11) is 2.79. The largest absolute Gasteiger partial charge is 0.493 e. The molecule has 0 spiro atoms. The maximum atomic E-state index is 12.8. The van der Waals surface area contributed by atoms with Crippen LogP contribution in [0.5, 0.6) is 11.5 Å². The predicted octanol–water partition coefficient (Wildman–Crippen LogP) is 3.81. The van der Waals surface area contributed by atoms with Gasteiger partial charge in [0.15, 0.2) is 15.8 Å². The Labute approximate surface area is 165 Å². The van der Waals surface area contributed by atoms with Crippen molar-refractivity contribution in [3.8, 4) is 11.5 Å². The quantitative estimate of drug-likeness (QED) is 0.603. The van der Waals surface area contributed by atoms with E-state index in [2.05, 4.69) is 0 Å². The molecule has 1 aliphatic rings. The number of ether oxygens (including phenoxy) is 2. The SMILES string of the molecule is COc1ccc(/C=C2/SC(=S)N(c3ccccc3)C2=O)c(C(=O)O)c1OC. The van der Waals surface area contributed by atoms with E-state index in [9.17, 15) is 14.7 Å². The molecule has 1 heterocycles. The van der Waals surface area contributed by atoms with Crippen molar-refractivity contribution in [1.82, 2.24) is 0 Å². The summed E-state index contributed by atoms with van der Waals surface area (Å²) in [6.45, 7) is 0. The Bertz CT molecular complexity index is 956. The molecule has 8 heteroatoms. The fourth-order valence-corrected chi connectivity index (χ4v) is 3.98. The molecule has 0 aliphatic carbocycles. The standard InChI is InChI=1S/C19H15NO5S2/c1-24-13-9-8-11(15(18(22)23)16(13)25-2)10-14-17(21)20(19(26)27-14)12-6-4-3-5-7-12/h3-10H,1-2H3,(H,22,23)/b14-10+. The van der Waals surface area contributed by atoms with E-state index in [0.29, 0.717) is 26.2 Å². The van der Waals surface area contributed by atoms with Gasteiger partial charge in [-0.3, -0.25) is 9.69 Å². The van der Waals surface area contributed by atoms with Crippen LogP contribution in [0.2, 0.25) is 0 Å². The van der Waals surface area contributed by atoms with E-state index in [0.717, 1.165) is 11.8 Å². The summed E-state index contributed by atoms with van der Waals surface area (Å²) in [4.78, 5) is 26.4. The second-order valence-corrected chi connectivity index (χ2v) is 7.10. The molecule has 0 aromatic heterocycles. The van der Waals surface area contributed by atoms with Gasteiger partial charge in [0.25, 0.3) is 5.91 Å². The second kappa shape index (κ2) is 7.81. The molecule has 0 atom stereocenters. The Morgan fingerprint density at radius 1 is 1.15 bits per heavy atom. The number of para-hydroxylation sites is 1. The minimum Gasteiger partial charge on any atom is -0.493 e. The van der Waals surface area contributed by atoms with E-state index in [1.165, 1.54) is 25.2 Å². The first kappa shape index (κ1) is 18.9. The Morgan fingerprint density at radius 2 is 1.85 bits per heavy atom. The minimum absolute atomic E-state index is 0.0816. The lowest BCUT2D eigenvalue weighted by Gasteiger charge is -2.14. The van der Waals surface area contributed by atoms with Crippen LogP contribution in [0.1, 0.15) is 15.9 Å². The third-order valence-corrected chi connectivity index (χ3v) is 5.19. The second-order valence-electron chi connectivity index (χ2n) is 5.42. The molecule has 2 aromatic rings. The van der Waals surface area contributed by atoms with Crippen LogP contribution in [0.25, 0.3) is 6.08 Å². The van der Waals surface area contributed by atoms with Crippen LogP contribution >= 0.6 is 24.0 Å². The summed E-state index contributed by atoms with van der Waals surface area (Å²) >= 11 is 6.45. The minimum atomic E-state index is -1.18. The molecule has 0 radical (unpaired) electrons. The van der Waals surface area contributed by atoms with Crippen molar-refractivity contribution in [3.63, 3.8) is 0 Å². The normalized spacial score (nSPS) is 15.3. The van der Waals surface area contributed by atoms with Gasteiger partial charge in [0, 0.05) is 0 Å². The molecule has 0 bridgehead atoms. The number of benzene rings is 2. The zero-order chi connectivity index (χ0) is 19.6. The van der Waals surface area contributed by atoms with E-state index in [-0.39, 0.29) is 17.2 Å². The average Bonchev–Trinajstić information content (AvgIpc) is 2.94. The third kappa shape index (κ3) is 3.54. The Kier molecular flexibility index (Phi) is 5.48. The Balaban J connectivity index is 2.06. The Morgan fingerprint density at radius 3 is 2.44 bits per heavy atom. The number of carboxylic acid groups (broad SMARTS) is 1. The summed E-state index contributed by atoms with van der Waals surface area (Å²) in [6.07, 6.45) is 1.51. The zero-order valence-corrected chi connectivity index (χ0v) is 16.1. The zero-order valence-electron chi connectivity index (χ0n) is 14.5. The number of thioether (sulfide) groups is 1. The molecular weight excluding hydrogens is 386 g/mol. The number of hydrogen-bond donors (Lipinski definition) is 1. The van der Waals surface area contributed by atoms with Crippen molar-refractivity contribution < 1.29 is 24.2 Å². The van der Waals surface area contributed by atoms with Crippen LogP contribution in [0.15, 0.2) is 47.4 Å². The molecule has 1 fully saturated rings. The molecule has 6 nitrogen and oxygen atoms in total. The number of anilines is 1. The molecule has 1 N–H and O–H groups in total. The number of nitrogens with zero attached hydrogens (tertiary/aromatic N) is 1. The van der Waals surface area contributed by atoms with Crippen LogP contribution in [0.3, 0.4) is 0 Å². The van der Waals surface area contributed by atoms with E-state index in [1.54, 1.807) is 24.3 Å². The topological polar surface area (TPSA) is 76.1 Å². The van der Waals surface area contributed by atoms with Gasteiger partial charge < -0.3 is 14.6 Å². The first-order valence-corrected chi connectivity index (χ1v) is 9.01. The third-order valence-electron chi connectivity index (χ3n) is 3.89. The summed E-state index contributed by atoms with van der Waals surface area (Å²) < 4.78 is 10.7. The van der Waals surface area contributed by atoms with Gasteiger partial charge in [-0.2, -0.15) is 0 Å². The van der Waals surface area contributed by atoms with Gasteiger partial charge in [0.05, 0.1) is 24.8 Å². The maximum Gasteiger partial charge on any atom is 0.340 e. The monoisotopic (exact) mass is 401 g/mol. The molecule has 0 saturated carbocycles. The molecule has 27 heavy (non-hydrogen) atoms. The number of amides is 1. The van der Waals surface area contributed by atoms with Crippen LogP contribution in [0, 0.1) is 0 Å². The van der Waals surface area contributed by atoms with E-state index in [1.807, 2.05) is 18.2 Å². The van der Waals surface area contributed by atoms with E-state index < -0.39 is 5.97 Å². The number of hydrogen-bond acceptors (Lipinski definition) is 6. The van der Waals surface area contributed by atoms with Crippen molar-refractivity contribution >= 4 is 51.9 Å². The van der Waals surface area contributed by atoms with Crippen molar-refractivity contribution in [2.24, 2.45) is 0 Å². The predicted molar refractivity (Wildman–Crippen MR) is 109 cm³/mol.